The van der Waals surface area contributed by atoms with Gasteiger partial charge in [0.15, 0.2) is 10.7 Å². The fraction of sp³-hybridized carbons (Fsp3) is 0.474. The Morgan fingerprint density at radius 3 is 2.50 bits per heavy atom. The van der Waals surface area contributed by atoms with Gasteiger partial charge < -0.3 is 5.32 Å². The Hall–Kier alpha value is -2.28. The van der Waals surface area contributed by atoms with Crippen LogP contribution >= 0.6 is 11.3 Å². The molecule has 3 aromatic heterocycles. The number of rotatable bonds is 5. The van der Waals surface area contributed by atoms with E-state index in [0.717, 1.165) is 46.1 Å². The molecule has 1 amide bonds. The van der Waals surface area contributed by atoms with Gasteiger partial charge in [-0.1, -0.05) is 13.8 Å². The number of thiazole rings is 1. The predicted octanol–water partition coefficient (Wildman–Crippen LogP) is 4.04. The molecule has 0 aliphatic heterocycles. The van der Waals surface area contributed by atoms with Crippen LogP contribution in [0, 0.1) is 20.8 Å². The maximum atomic E-state index is 12.0. The van der Waals surface area contributed by atoms with E-state index in [1.165, 1.54) is 16.9 Å². The van der Waals surface area contributed by atoms with Crippen molar-refractivity contribution in [2.45, 2.75) is 53.4 Å². The van der Waals surface area contributed by atoms with Crippen LogP contribution in [0.1, 0.15) is 65.1 Å². The number of amides is 1. The third kappa shape index (κ3) is 3.00. The zero-order chi connectivity index (χ0) is 19.0. The second-order valence-corrected chi connectivity index (χ2v) is 7.55. The summed E-state index contributed by atoms with van der Waals surface area (Å²) in [6, 6.07) is 2.15. The number of carbonyl (C=O) groups excluding carboxylic acids is 1. The van der Waals surface area contributed by atoms with Crippen molar-refractivity contribution in [3.8, 4) is 10.6 Å². The van der Waals surface area contributed by atoms with Crippen molar-refractivity contribution in [3.63, 3.8) is 0 Å². The summed E-state index contributed by atoms with van der Waals surface area (Å²) >= 11 is 1.39. The summed E-state index contributed by atoms with van der Waals surface area (Å²) < 4.78 is 1.94. The van der Waals surface area contributed by atoms with Crippen LogP contribution in [0.2, 0.25) is 0 Å². The van der Waals surface area contributed by atoms with Gasteiger partial charge in [-0.15, -0.1) is 11.3 Å². The number of hydrogen-bond acceptors (Lipinski definition) is 5. The van der Waals surface area contributed by atoms with Crippen LogP contribution in [0.5, 0.6) is 0 Å². The SMILES string of the molecule is CCC(CC)c1cc(C)nn2c(-c3sc(C(=O)NC)nc3C)c(C)nc12. The van der Waals surface area contributed by atoms with Crippen LogP contribution in [-0.2, 0) is 0 Å². The normalized spacial score (nSPS) is 11.5. The van der Waals surface area contributed by atoms with Crippen LogP contribution in [-0.4, -0.2) is 32.5 Å². The van der Waals surface area contributed by atoms with Crippen molar-refractivity contribution in [2.75, 3.05) is 7.05 Å². The zero-order valence-corrected chi connectivity index (χ0v) is 17.0. The molecule has 6 nitrogen and oxygen atoms in total. The first kappa shape index (κ1) is 18.5. The lowest BCUT2D eigenvalue weighted by Crippen LogP contribution is -2.17. The molecule has 1 N–H and O–H groups in total. The quantitative estimate of drug-likeness (QED) is 0.735. The molecule has 3 heterocycles. The average Bonchev–Trinajstić information content (AvgIpc) is 3.14. The Morgan fingerprint density at radius 1 is 1.19 bits per heavy atom. The zero-order valence-electron chi connectivity index (χ0n) is 16.2. The third-order valence-electron chi connectivity index (χ3n) is 4.77. The standard InChI is InChI=1S/C19H25N5OS/c1-7-13(8-2)14-9-10(3)23-24-15(11(4)21-17(14)24)16-12(5)22-19(26-16)18(25)20-6/h9,13H,7-8H2,1-6H3,(H,20,25). The molecular formula is C19H25N5OS. The smallest absolute Gasteiger partial charge is 0.280 e. The molecule has 26 heavy (non-hydrogen) atoms. The average molecular weight is 372 g/mol. The largest absolute Gasteiger partial charge is 0.353 e. The summed E-state index contributed by atoms with van der Waals surface area (Å²) in [5.74, 6) is 0.288. The number of aryl methyl sites for hydroxylation is 3. The van der Waals surface area contributed by atoms with E-state index in [1.807, 2.05) is 25.3 Å². The molecule has 0 aliphatic rings. The first-order valence-corrected chi connectivity index (χ1v) is 9.79. The summed E-state index contributed by atoms with van der Waals surface area (Å²) in [7, 11) is 1.62. The summed E-state index contributed by atoms with van der Waals surface area (Å²) in [6.45, 7) is 10.4. The summed E-state index contributed by atoms with van der Waals surface area (Å²) in [5, 5.41) is 7.83. The molecular weight excluding hydrogens is 346 g/mol. The van der Waals surface area contributed by atoms with E-state index in [1.54, 1.807) is 7.05 Å². The molecule has 0 spiro atoms. The Balaban J connectivity index is 2.27. The first-order chi connectivity index (χ1) is 12.4. The molecule has 0 fully saturated rings. The third-order valence-corrected chi connectivity index (χ3v) is 5.93. The fourth-order valence-electron chi connectivity index (χ4n) is 3.39. The molecule has 3 aromatic rings. The van der Waals surface area contributed by atoms with E-state index in [-0.39, 0.29) is 5.91 Å². The highest BCUT2D eigenvalue weighted by Crippen LogP contribution is 2.35. The Morgan fingerprint density at radius 2 is 1.88 bits per heavy atom. The Bertz CT molecular complexity index is 968. The number of imidazole rings is 1. The van der Waals surface area contributed by atoms with Crippen molar-refractivity contribution in [2.24, 2.45) is 0 Å². The number of nitrogens with zero attached hydrogens (tertiary/aromatic N) is 4. The van der Waals surface area contributed by atoms with Crippen LogP contribution in [0.4, 0.5) is 0 Å². The first-order valence-electron chi connectivity index (χ1n) is 8.97. The van der Waals surface area contributed by atoms with E-state index in [9.17, 15) is 4.79 Å². The molecule has 0 saturated heterocycles. The van der Waals surface area contributed by atoms with Gasteiger partial charge in [0.25, 0.3) is 5.91 Å². The number of aromatic nitrogens is 4. The maximum Gasteiger partial charge on any atom is 0.280 e. The van der Waals surface area contributed by atoms with Crippen LogP contribution in [0.15, 0.2) is 6.07 Å². The highest BCUT2D eigenvalue weighted by Gasteiger charge is 2.23. The van der Waals surface area contributed by atoms with Crippen molar-refractivity contribution >= 4 is 22.9 Å². The number of carbonyl (C=O) groups is 1. The maximum absolute atomic E-state index is 12.0. The molecule has 0 saturated carbocycles. The van der Waals surface area contributed by atoms with Gasteiger partial charge in [-0.3, -0.25) is 4.79 Å². The number of fused-ring (bicyclic) bond motifs is 1. The van der Waals surface area contributed by atoms with Gasteiger partial charge in [-0.2, -0.15) is 5.10 Å². The van der Waals surface area contributed by atoms with Crippen LogP contribution in [0.3, 0.4) is 0 Å². The van der Waals surface area contributed by atoms with E-state index in [4.69, 9.17) is 10.1 Å². The molecule has 7 heteroatoms. The molecule has 138 valence electrons. The highest BCUT2D eigenvalue weighted by molar-refractivity contribution is 7.17. The van der Waals surface area contributed by atoms with E-state index in [2.05, 4.69) is 30.2 Å². The van der Waals surface area contributed by atoms with E-state index < -0.39 is 0 Å². The minimum Gasteiger partial charge on any atom is -0.353 e. The lowest BCUT2D eigenvalue weighted by atomic mass is 9.95. The Kier molecular flexibility index (Phi) is 5.09. The van der Waals surface area contributed by atoms with Crippen molar-refractivity contribution < 1.29 is 4.79 Å². The number of hydrogen-bond donors (Lipinski definition) is 1. The highest BCUT2D eigenvalue weighted by atomic mass is 32.1. The minimum atomic E-state index is -0.169. The van der Waals surface area contributed by atoms with Crippen LogP contribution < -0.4 is 5.32 Å². The van der Waals surface area contributed by atoms with E-state index in [0.29, 0.717) is 10.9 Å². The molecule has 0 aliphatic carbocycles. The molecule has 0 unspecified atom stereocenters. The van der Waals surface area contributed by atoms with Gasteiger partial charge in [0.05, 0.1) is 22.0 Å². The molecule has 0 radical (unpaired) electrons. The van der Waals surface area contributed by atoms with Gasteiger partial charge in [0, 0.05) is 12.6 Å². The molecule has 0 bridgehead atoms. The summed E-state index contributed by atoms with van der Waals surface area (Å²) in [5.41, 5.74) is 5.78. The molecule has 0 atom stereocenters. The molecule has 3 rings (SSSR count). The lowest BCUT2D eigenvalue weighted by molar-refractivity contribution is 0.0962. The van der Waals surface area contributed by atoms with Crippen molar-refractivity contribution in [3.05, 3.63) is 33.7 Å². The van der Waals surface area contributed by atoms with Crippen LogP contribution in [0.25, 0.3) is 16.2 Å². The van der Waals surface area contributed by atoms with Gasteiger partial charge in [-0.25, -0.2) is 14.5 Å². The number of nitrogens with one attached hydrogen (secondary N) is 1. The monoisotopic (exact) mass is 371 g/mol. The molecule has 0 aromatic carbocycles. The van der Waals surface area contributed by atoms with Gasteiger partial charge in [0.2, 0.25) is 0 Å². The minimum absolute atomic E-state index is 0.169. The summed E-state index contributed by atoms with van der Waals surface area (Å²) in [4.78, 5) is 22.2. The summed E-state index contributed by atoms with van der Waals surface area (Å²) in [6.07, 6.45) is 2.13. The van der Waals surface area contributed by atoms with Gasteiger partial charge in [0.1, 0.15) is 5.69 Å². The second kappa shape index (κ2) is 7.15. The fourth-order valence-corrected chi connectivity index (χ4v) is 4.48. The van der Waals surface area contributed by atoms with E-state index >= 15 is 0 Å². The van der Waals surface area contributed by atoms with Gasteiger partial charge in [-0.05, 0) is 45.6 Å². The lowest BCUT2D eigenvalue weighted by Gasteiger charge is -2.14. The predicted molar refractivity (Wildman–Crippen MR) is 105 cm³/mol. The van der Waals surface area contributed by atoms with Crippen molar-refractivity contribution in [1.29, 1.82) is 0 Å². The topological polar surface area (TPSA) is 72.2 Å². The Labute approximate surface area is 157 Å². The van der Waals surface area contributed by atoms with Gasteiger partial charge >= 0.3 is 0 Å². The van der Waals surface area contributed by atoms with Crippen molar-refractivity contribution in [1.82, 2.24) is 24.9 Å². The second-order valence-electron chi connectivity index (χ2n) is 6.55.